The van der Waals surface area contributed by atoms with E-state index in [9.17, 15) is 4.79 Å². The van der Waals surface area contributed by atoms with Crippen molar-refractivity contribution in [3.8, 4) is 5.75 Å². The van der Waals surface area contributed by atoms with Crippen molar-refractivity contribution in [3.05, 3.63) is 65.7 Å². The number of esters is 1. The molecule has 0 saturated heterocycles. The van der Waals surface area contributed by atoms with Crippen LogP contribution in [0.3, 0.4) is 0 Å². The first kappa shape index (κ1) is 21.0. The summed E-state index contributed by atoms with van der Waals surface area (Å²) in [7, 11) is 1.38. The molecule has 144 valence electrons. The Morgan fingerprint density at radius 2 is 1.78 bits per heavy atom. The molecule has 0 saturated carbocycles. The van der Waals surface area contributed by atoms with Crippen molar-refractivity contribution in [2.75, 3.05) is 19.0 Å². The van der Waals surface area contributed by atoms with E-state index in [0.717, 1.165) is 22.2 Å². The van der Waals surface area contributed by atoms with E-state index in [-0.39, 0.29) is 5.97 Å². The predicted molar refractivity (Wildman–Crippen MR) is 109 cm³/mol. The SMILES string of the molecule is COC(=O)C(Cc1ccc(OCCBr)cc1)C(C)=NOCc1ccccc1. The van der Waals surface area contributed by atoms with Gasteiger partial charge in [-0.05, 0) is 36.6 Å². The molecule has 0 fully saturated rings. The Bertz CT molecular complexity index is 732. The van der Waals surface area contributed by atoms with Gasteiger partial charge in [-0.2, -0.15) is 0 Å². The number of oxime groups is 1. The lowest BCUT2D eigenvalue weighted by Crippen LogP contribution is -2.26. The second kappa shape index (κ2) is 11.4. The zero-order valence-electron chi connectivity index (χ0n) is 15.6. The fourth-order valence-corrected chi connectivity index (χ4v) is 2.67. The molecular weight excluding hydrogens is 410 g/mol. The summed E-state index contributed by atoms with van der Waals surface area (Å²) in [6, 6.07) is 17.4. The number of halogens is 1. The molecule has 2 aromatic rings. The highest BCUT2D eigenvalue weighted by Crippen LogP contribution is 2.17. The van der Waals surface area contributed by atoms with Gasteiger partial charge in [-0.15, -0.1) is 0 Å². The van der Waals surface area contributed by atoms with Gasteiger partial charge in [0.15, 0.2) is 0 Å². The lowest BCUT2D eigenvalue weighted by molar-refractivity contribution is -0.143. The van der Waals surface area contributed by atoms with Crippen LogP contribution in [0.25, 0.3) is 0 Å². The third kappa shape index (κ3) is 7.06. The number of hydrogen-bond donors (Lipinski definition) is 0. The van der Waals surface area contributed by atoms with Crippen molar-refractivity contribution in [1.29, 1.82) is 0 Å². The summed E-state index contributed by atoms with van der Waals surface area (Å²) in [5, 5.41) is 4.90. The number of methoxy groups -OCH3 is 1. The largest absolute Gasteiger partial charge is 0.493 e. The van der Waals surface area contributed by atoms with Crippen LogP contribution in [0.1, 0.15) is 18.1 Å². The molecule has 27 heavy (non-hydrogen) atoms. The normalized spacial score (nSPS) is 12.3. The Balaban J connectivity index is 2.01. The fraction of sp³-hybridized carbons (Fsp3) is 0.333. The molecule has 2 aromatic carbocycles. The van der Waals surface area contributed by atoms with E-state index in [1.807, 2.05) is 54.6 Å². The Kier molecular flexibility index (Phi) is 8.84. The van der Waals surface area contributed by atoms with E-state index in [1.165, 1.54) is 7.11 Å². The minimum Gasteiger partial charge on any atom is -0.493 e. The number of carbonyl (C=O) groups excluding carboxylic acids is 1. The van der Waals surface area contributed by atoms with Crippen LogP contribution in [0.15, 0.2) is 59.8 Å². The summed E-state index contributed by atoms with van der Waals surface area (Å²) in [4.78, 5) is 17.6. The van der Waals surface area contributed by atoms with Crippen molar-refractivity contribution in [2.24, 2.45) is 11.1 Å². The minimum absolute atomic E-state index is 0.334. The van der Waals surface area contributed by atoms with Crippen LogP contribution in [0.4, 0.5) is 0 Å². The monoisotopic (exact) mass is 433 g/mol. The number of alkyl halides is 1. The van der Waals surface area contributed by atoms with Gasteiger partial charge in [0.25, 0.3) is 0 Å². The van der Waals surface area contributed by atoms with Crippen molar-refractivity contribution >= 4 is 27.6 Å². The molecule has 0 aliphatic carbocycles. The molecule has 0 radical (unpaired) electrons. The molecular formula is C21H24BrNO4. The van der Waals surface area contributed by atoms with E-state index in [1.54, 1.807) is 6.92 Å². The third-order valence-electron chi connectivity index (χ3n) is 3.98. The standard InChI is InChI=1S/C21H24BrNO4/c1-16(23-27-15-18-6-4-3-5-7-18)20(21(24)25-2)14-17-8-10-19(11-9-17)26-13-12-22/h3-11,20H,12-15H2,1-2H3. The van der Waals surface area contributed by atoms with E-state index in [2.05, 4.69) is 21.1 Å². The van der Waals surface area contributed by atoms with Crippen LogP contribution in [-0.4, -0.2) is 30.7 Å². The summed E-state index contributed by atoms with van der Waals surface area (Å²) in [6.45, 7) is 2.74. The predicted octanol–water partition coefficient (Wildman–Crippen LogP) is 4.38. The second-order valence-electron chi connectivity index (χ2n) is 5.95. The maximum atomic E-state index is 12.2. The second-order valence-corrected chi connectivity index (χ2v) is 6.75. The van der Waals surface area contributed by atoms with Crippen LogP contribution >= 0.6 is 15.9 Å². The Labute approximate surface area is 168 Å². The Hall–Kier alpha value is -2.34. The summed E-state index contributed by atoms with van der Waals surface area (Å²) in [5.74, 6) is -0.0383. The maximum Gasteiger partial charge on any atom is 0.314 e. The molecule has 1 unspecified atom stereocenters. The highest BCUT2D eigenvalue weighted by molar-refractivity contribution is 9.09. The molecule has 0 aromatic heterocycles. The first-order valence-electron chi connectivity index (χ1n) is 8.70. The molecule has 6 heteroatoms. The van der Waals surface area contributed by atoms with Gasteiger partial charge in [-0.25, -0.2) is 0 Å². The topological polar surface area (TPSA) is 57.1 Å². The van der Waals surface area contributed by atoms with Gasteiger partial charge < -0.3 is 14.3 Å². The van der Waals surface area contributed by atoms with Crippen LogP contribution in [0.2, 0.25) is 0 Å². The van der Waals surface area contributed by atoms with Crippen LogP contribution in [0, 0.1) is 5.92 Å². The van der Waals surface area contributed by atoms with E-state index in [0.29, 0.717) is 25.3 Å². The number of rotatable bonds is 10. The van der Waals surface area contributed by atoms with Gasteiger partial charge >= 0.3 is 5.97 Å². The van der Waals surface area contributed by atoms with Gasteiger partial charge in [0, 0.05) is 5.33 Å². The van der Waals surface area contributed by atoms with E-state index in [4.69, 9.17) is 14.3 Å². The lowest BCUT2D eigenvalue weighted by Gasteiger charge is -2.15. The molecule has 2 rings (SSSR count). The lowest BCUT2D eigenvalue weighted by atomic mass is 9.95. The van der Waals surface area contributed by atoms with Gasteiger partial charge in [-0.1, -0.05) is 63.6 Å². The summed E-state index contributed by atoms with van der Waals surface area (Å²) >= 11 is 3.33. The smallest absolute Gasteiger partial charge is 0.314 e. The molecule has 0 amide bonds. The van der Waals surface area contributed by atoms with Crippen LogP contribution < -0.4 is 4.74 Å². The van der Waals surface area contributed by atoms with E-state index >= 15 is 0 Å². The number of carbonyl (C=O) groups is 1. The fourth-order valence-electron chi connectivity index (χ4n) is 2.50. The maximum absolute atomic E-state index is 12.2. The van der Waals surface area contributed by atoms with Crippen molar-refractivity contribution in [1.82, 2.24) is 0 Å². The number of benzene rings is 2. The molecule has 0 heterocycles. The summed E-state index contributed by atoms with van der Waals surface area (Å²) < 4.78 is 10.5. The molecule has 0 aliphatic rings. The Morgan fingerprint density at radius 1 is 1.07 bits per heavy atom. The average Bonchev–Trinajstić information content (AvgIpc) is 2.71. The molecule has 0 spiro atoms. The summed E-state index contributed by atoms with van der Waals surface area (Å²) in [5.41, 5.74) is 2.59. The quantitative estimate of drug-likeness (QED) is 0.241. The number of hydrogen-bond acceptors (Lipinski definition) is 5. The summed E-state index contributed by atoms with van der Waals surface area (Å²) in [6.07, 6.45) is 0.482. The minimum atomic E-state index is -0.500. The van der Waals surface area contributed by atoms with Gasteiger partial charge in [0.1, 0.15) is 18.3 Å². The average molecular weight is 434 g/mol. The van der Waals surface area contributed by atoms with Gasteiger partial charge in [0.05, 0.1) is 19.4 Å². The van der Waals surface area contributed by atoms with Crippen LogP contribution in [0.5, 0.6) is 5.75 Å². The first-order valence-corrected chi connectivity index (χ1v) is 9.82. The van der Waals surface area contributed by atoms with Crippen LogP contribution in [-0.2, 0) is 27.4 Å². The highest BCUT2D eigenvalue weighted by atomic mass is 79.9. The molecule has 0 bridgehead atoms. The zero-order chi connectivity index (χ0) is 19.5. The van der Waals surface area contributed by atoms with Crippen molar-refractivity contribution in [3.63, 3.8) is 0 Å². The molecule has 1 atom stereocenters. The molecule has 5 nitrogen and oxygen atoms in total. The van der Waals surface area contributed by atoms with Crippen molar-refractivity contribution in [2.45, 2.75) is 20.0 Å². The molecule has 0 aliphatic heterocycles. The van der Waals surface area contributed by atoms with E-state index < -0.39 is 5.92 Å². The zero-order valence-corrected chi connectivity index (χ0v) is 17.1. The number of nitrogens with zero attached hydrogens (tertiary/aromatic N) is 1. The van der Waals surface area contributed by atoms with Gasteiger partial charge in [-0.3, -0.25) is 4.79 Å². The van der Waals surface area contributed by atoms with Crippen molar-refractivity contribution < 1.29 is 19.1 Å². The molecule has 0 N–H and O–H groups in total. The Morgan fingerprint density at radius 3 is 2.41 bits per heavy atom. The number of ether oxygens (including phenoxy) is 2. The first-order chi connectivity index (χ1) is 13.1. The van der Waals surface area contributed by atoms with Gasteiger partial charge in [0.2, 0.25) is 0 Å². The highest BCUT2D eigenvalue weighted by Gasteiger charge is 2.23. The third-order valence-corrected chi connectivity index (χ3v) is 4.31.